The van der Waals surface area contributed by atoms with Crippen LogP contribution in [0, 0.1) is 11.2 Å². The number of nitrogens with one attached hydrogen (secondary N) is 2. The number of aromatic nitrogens is 2. The van der Waals surface area contributed by atoms with E-state index in [0.717, 1.165) is 12.0 Å². The predicted molar refractivity (Wildman–Crippen MR) is 111 cm³/mol. The fraction of sp³-hybridized carbons (Fsp3) is 0.227. The van der Waals surface area contributed by atoms with Crippen molar-refractivity contribution in [1.29, 1.82) is 5.41 Å². The van der Waals surface area contributed by atoms with E-state index in [0.29, 0.717) is 40.6 Å². The van der Waals surface area contributed by atoms with Gasteiger partial charge in [-0.15, -0.1) is 0 Å². The Bertz CT molecular complexity index is 989. The van der Waals surface area contributed by atoms with Crippen LogP contribution in [0.3, 0.4) is 0 Å². The summed E-state index contributed by atoms with van der Waals surface area (Å²) in [6.45, 7) is 2.02. The smallest absolute Gasteiger partial charge is 0.165 e. The summed E-state index contributed by atoms with van der Waals surface area (Å²) in [6, 6.07) is 14.3. The second-order valence-electron chi connectivity index (χ2n) is 6.31. The van der Waals surface area contributed by atoms with Gasteiger partial charge in [-0.05, 0) is 24.6 Å². The molecule has 2 N–H and O–H groups in total. The first-order valence-corrected chi connectivity index (χ1v) is 9.16. The van der Waals surface area contributed by atoms with Crippen LogP contribution in [-0.4, -0.2) is 29.8 Å². The van der Waals surface area contributed by atoms with E-state index in [9.17, 15) is 4.39 Å². The molecule has 3 aromatic rings. The van der Waals surface area contributed by atoms with Gasteiger partial charge < -0.3 is 15.5 Å². The largest absolute Gasteiger partial charge is 0.494 e. The van der Waals surface area contributed by atoms with Gasteiger partial charge in [-0.2, -0.15) is 0 Å². The number of benzene rings is 2. The monoisotopic (exact) mass is 378 g/mol. The lowest BCUT2D eigenvalue weighted by molar-refractivity contribution is 0.386. The molecule has 2 aromatic carbocycles. The van der Waals surface area contributed by atoms with E-state index in [-0.39, 0.29) is 5.75 Å². The highest BCUT2D eigenvalue weighted by Crippen LogP contribution is 2.33. The molecular formula is C22H23FN4O. The second kappa shape index (κ2) is 8.61. The van der Waals surface area contributed by atoms with Crippen LogP contribution in [0.2, 0.25) is 0 Å². The minimum Gasteiger partial charge on any atom is -0.494 e. The SMILES string of the molecule is CCCC(=N)c1nc(-c2ccccc2)nc(-c2ccc(OC)c(F)c2)c1NC. The molecule has 0 amide bonds. The molecule has 28 heavy (non-hydrogen) atoms. The first kappa shape index (κ1) is 19.5. The van der Waals surface area contributed by atoms with Gasteiger partial charge in [0.25, 0.3) is 0 Å². The first-order valence-electron chi connectivity index (χ1n) is 9.16. The van der Waals surface area contributed by atoms with Gasteiger partial charge in [0.1, 0.15) is 5.69 Å². The van der Waals surface area contributed by atoms with Crippen molar-refractivity contribution in [2.75, 3.05) is 19.5 Å². The van der Waals surface area contributed by atoms with Crippen molar-refractivity contribution in [3.8, 4) is 28.4 Å². The maximum absolute atomic E-state index is 14.3. The second-order valence-corrected chi connectivity index (χ2v) is 6.31. The highest BCUT2D eigenvalue weighted by Gasteiger charge is 2.19. The Labute approximate surface area is 164 Å². The third-order valence-electron chi connectivity index (χ3n) is 4.40. The highest BCUT2D eigenvalue weighted by molar-refractivity contribution is 6.04. The molecule has 0 saturated carbocycles. The average molecular weight is 378 g/mol. The van der Waals surface area contributed by atoms with Crippen LogP contribution in [0.5, 0.6) is 5.75 Å². The summed E-state index contributed by atoms with van der Waals surface area (Å²) < 4.78 is 19.4. The van der Waals surface area contributed by atoms with E-state index in [1.165, 1.54) is 13.2 Å². The van der Waals surface area contributed by atoms with Gasteiger partial charge in [0.05, 0.1) is 24.2 Å². The summed E-state index contributed by atoms with van der Waals surface area (Å²) >= 11 is 0. The van der Waals surface area contributed by atoms with Crippen molar-refractivity contribution in [3.63, 3.8) is 0 Å². The molecule has 6 heteroatoms. The summed E-state index contributed by atoms with van der Waals surface area (Å²) in [6.07, 6.45) is 1.43. The maximum atomic E-state index is 14.3. The van der Waals surface area contributed by atoms with Gasteiger partial charge >= 0.3 is 0 Å². The molecule has 0 unspecified atom stereocenters. The zero-order chi connectivity index (χ0) is 20.1. The van der Waals surface area contributed by atoms with Crippen molar-refractivity contribution in [2.24, 2.45) is 0 Å². The van der Waals surface area contributed by atoms with Crippen LogP contribution >= 0.6 is 0 Å². The van der Waals surface area contributed by atoms with Crippen LogP contribution in [-0.2, 0) is 0 Å². The minimum absolute atomic E-state index is 0.172. The molecule has 0 atom stereocenters. The zero-order valence-electron chi connectivity index (χ0n) is 16.2. The van der Waals surface area contributed by atoms with E-state index in [1.54, 1.807) is 19.2 Å². The van der Waals surface area contributed by atoms with Gasteiger partial charge in [0.2, 0.25) is 0 Å². The lowest BCUT2D eigenvalue weighted by Crippen LogP contribution is -2.11. The number of anilines is 1. The maximum Gasteiger partial charge on any atom is 0.165 e. The molecule has 0 aliphatic heterocycles. The van der Waals surface area contributed by atoms with E-state index in [4.69, 9.17) is 15.1 Å². The molecule has 144 valence electrons. The quantitative estimate of drug-likeness (QED) is 0.557. The van der Waals surface area contributed by atoms with Crippen LogP contribution in [0.1, 0.15) is 25.5 Å². The van der Waals surface area contributed by atoms with Gasteiger partial charge in [0.15, 0.2) is 17.4 Å². The lowest BCUT2D eigenvalue weighted by atomic mass is 10.0. The molecule has 3 rings (SSSR count). The van der Waals surface area contributed by atoms with Crippen molar-refractivity contribution in [2.45, 2.75) is 19.8 Å². The molecule has 0 bridgehead atoms. The Kier molecular flexibility index (Phi) is 5.99. The summed E-state index contributed by atoms with van der Waals surface area (Å²) in [4.78, 5) is 9.36. The van der Waals surface area contributed by atoms with Crippen molar-refractivity contribution in [3.05, 3.63) is 60.0 Å². The molecule has 0 fully saturated rings. The van der Waals surface area contributed by atoms with Crippen molar-refractivity contribution in [1.82, 2.24) is 9.97 Å². The van der Waals surface area contributed by atoms with Crippen LogP contribution in [0.4, 0.5) is 10.1 Å². The van der Waals surface area contributed by atoms with E-state index >= 15 is 0 Å². The molecule has 0 spiro atoms. The van der Waals surface area contributed by atoms with Crippen LogP contribution in [0.25, 0.3) is 22.6 Å². The lowest BCUT2D eigenvalue weighted by Gasteiger charge is -2.16. The Morgan fingerprint density at radius 2 is 1.86 bits per heavy atom. The normalized spacial score (nSPS) is 10.6. The molecule has 1 heterocycles. The molecule has 5 nitrogen and oxygen atoms in total. The van der Waals surface area contributed by atoms with E-state index < -0.39 is 5.82 Å². The first-order chi connectivity index (χ1) is 13.6. The fourth-order valence-electron chi connectivity index (χ4n) is 3.02. The van der Waals surface area contributed by atoms with Crippen molar-refractivity contribution < 1.29 is 9.13 Å². The summed E-state index contributed by atoms with van der Waals surface area (Å²) in [7, 11) is 3.19. The number of methoxy groups -OCH3 is 1. The Hall–Kier alpha value is -3.28. The zero-order valence-corrected chi connectivity index (χ0v) is 16.2. The highest BCUT2D eigenvalue weighted by atomic mass is 19.1. The number of nitrogens with zero attached hydrogens (tertiary/aromatic N) is 2. The number of rotatable bonds is 7. The average Bonchev–Trinajstić information content (AvgIpc) is 2.73. The van der Waals surface area contributed by atoms with E-state index in [1.807, 2.05) is 37.3 Å². The van der Waals surface area contributed by atoms with Gasteiger partial charge in [-0.3, -0.25) is 0 Å². The summed E-state index contributed by atoms with van der Waals surface area (Å²) in [5.41, 5.74) is 3.54. The topological polar surface area (TPSA) is 70.9 Å². The van der Waals surface area contributed by atoms with Gasteiger partial charge in [-0.25, -0.2) is 14.4 Å². The molecule has 0 aliphatic rings. The van der Waals surface area contributed by atoms with E-state index in [2.05, 4.69) is 10.3 Å². The minimum atomic E-state index is -0.466. The molecule has 0 aliphatic carbocycles. The Morgan fingerprint density at radius 3 is 2.46 bits per heavy atom. The van der Waals surface area contributed by atoms with Gasteiger partial charge in [0, 0.05) is 18.2 Å². The summed E-state index contributed by atoms with van der Waals surface area (Å²) in [5.74, 6) is 0.208. The van der Waals surface area contributed by atoms with Gasteiger partial charge in [-0.1, -0.05) is 43.7 Å². The Balaban J connectivity index is 2.26. The summed E-state index contributed by atoms with van der Waals surface area (Å²) in [5, 5.41) is 11.6. The van der Waals surface area contributed by atoms with Crippen LogP contribution < -0.4 is 10.1 Å². The predicted octanol–water partition coefficient (Wildman–Crippen LogP) is 5.17. The standard InChI is InChI=1S/C22H23FN4O/c1-4-8-17(24)20-21(25-2)19(15-11-12-18(28-3)16(23)13-15)26-22(27-20)14-9-6-5-7-10-14/h5-7,9-13,24-25H,4,8H2,1-3H3. The van der Waals surface area contributed by atoms with Crippen LogP contribution in [0.15, 0.2) is 48.5 Å². The number of hydrogen-bond donors (Lipinski definition) is 2. The van der Waals surface area contributed by atoms with Crippen molar-refractivity contribution >= 4 is 11.4 Å². The fourth-order valence-corrected chi connectivity index (χ4v) is 3.02. The third-order valence-corrected chi connectivity index (χ3v) is 4.40. The molecule has 0 radical (unpaired) electrons. The number of hydrogen-bond acceptors (Lipinski definition) is 5. The molecule has 1 aromatic heterocycles. The third kappa shape index (κ3) is 3.86. The molecule has 0 saturated heterocycles. The molecular weight excluding hydrogens is 355 g/mol. The number of ether oxygens (including phenoxy) is 1. The number of halogens is 1. The Morgan fingerprint density at radius 1 is 1.11 bits per heavy atom.